The molecule has 0 spiro atoms. The molecule has 6 unspecified atom stereocenters. The van der Waals surface area contributed by atoms with Gasteiger partial charge in [-0.3, -0.25) is 29.2 Å². The van der Waals surface area contributed by atoms with Gasteiger partial charge in [0, 0.05) is 88.8 Å². The number of piperazine rings is 1. The van der Waals surface area contributed by atoms with Crippen molar-refractivity contribution < 1.29 is 30.0 Å². The number of aliphatic hydroxyl groups excluding tert-OH is 4. The lowest BCUT2D eigenvalue weighted by Gasteiger charge is -2.44. The maximum Gasteiger partial charge on any atom is 0.189 e. The zero-order valence-electron chi connectivity index (χ0n) is 67.3. The molecule has 1 aliphatic heterocycles. The number of unbranched alkanes of at least 4 members (excludes halogenated alkanes) is 28. The van der Waals surface area contributed by atoms with Crippen molar-refractivity contribution in [2.75, 3.05) is 77.0 Å². The van der Waals surface area contributed by atoms with Crippen molar-refractivity contribution in [3.05, 3.63) is 97.2 Å². The van der Waals surface area contributed by atoms with Crippen LogP contribution >= 0.6 is 23.5 Å². The highest BCUT2D eigenvalue weighted by Gasteiger charge is 2.29. The zero-order chi connectivity index (χ0) is 74.1. The topological polar surface area (TPSA) is 128 Å². The van der Waals surface area contributed by atoms with Gasteiger partial charge in [0.15, 0.2) is 10.2 Å². The van der Waals surface area contributed by atoms with Gasteiger partial charge < -0.3 is 20.4 Å². The third-order valence-electron chi connectivity index (χ3n) is 20.1. The maximum absolute atomic E-state index is 13.4. The van der Waals surface area contributed by atoms with Gasteiger partial charge in [-0.1, -0.05) is 277 Å². The number of hydrogen-bond acceptors (Lipinski definition) is 12. The summed E-state index contributed by atoms with van der Waals surface area (Å²) in [5.74, 6) is 1.53. The Hall–Kier alpha value is -2.36. The third kappa shape index (κ3) is 65.9. The minimum absolute atomic E-state index is 0.224. The second-order valence-corrected chi connectivity index (χ2v) is 32.4. The number of allylic oxidation sites excluding steroid dienone is 16. The van der Waals surface area contributed by atoms with E-state index >= 15 is 0 Å². The lowest BCUT2D eigenvalue weighted by atomic mass is 10.1. The zero-order valence-corrected chi connectivity index (χ0v) is 69.0. The van der Waals surface area contributed by atoms with Crippen LogP contribution in [-0.4, -0.2) is 164 Å². The summed E-state index contributed by atoms with van der Waals surface area (Å²) in [6.45, 7) is 20.7. The van der Waals surface area contributed by atoms with Crippen LogP contribution in [0.3, 0.4) is 0 Å². The molecule has 4 N–H and O–H groups in total. The van der Waals surface area contributed by atoms with Crippen LogP contribution in [0.5, 0.6) is 0 Å². The highest BCUT2D eigenvalue weighted by atomic mass is 32.2. The Balaban J connectivity index is 2.62. The summed E-state index contributed by atoms with van der Waals surface area (Å²) < 4.78 is 0. The summed E-state index contributed by atoms with van der Waals surface area (Å²) in [7, 11) is 0. The SMILES string of the molecule is CCCCC/C=C\C/C=C\CCCCCCC(O)CN(CCCC(=O)SCCN1CC(C)N(CCSC(=O)CCCN(CC(O)CCCCCC/C=C\C/C=C\CCCCC)CC(O)CCCCCC/C=C\C/C=C\CCCCC)CC1C)CC(O)CCCCCC/C=C\C/C=C\CCCCC. The Bertz CT molecular complexity index is 1850. The lowest BCUT2D eigenvalue weighted by molar-refractivity contribution is -0.112. The molecule has 0 aliphatic carbocycles. The predicted molar refractivity (Wildman–Crippen MR) is 451 cm³/mol. The van der Waals surface area contributed by atoms with E-state index in [1.54, 1.807) is 0 Å². The molecule has 6 atom stereocenters. The summed E-state index contributed by atoms with van der Waals surface area (Å²) in [5, 5.41) is 45.4. The molecule has 1 saturated heterocycles. The molecule has 0 amide bonds. The summed E-state index contributed by atoms with van der Waals surface area (Å²) in [4.78, 5) is 36.2. The van der Waals surface area contributed by atoms with Crippen molar-refractivity contribution in [2.24, 2.45) is 0 Å². The van der Waals surface area contributed by atoms with Gasteiger partial charge in [-0.25, -0.2) is 0 Å². The number of rotatable bonds is 74. The standard InChI is InChI=1S/C90H164N4O6S2/c1-7-11-15-19-23-27-31-35-39-43-47-51-55-59-65-85(95)79-91(80-86(96)66-60-56-52-48-44-40-36-32-28-24-20-16-12-8-2)71-63-69-89(99)101-75-73-93-77-84(6)94(78-83(93)5)74-76-102-90(100)70-64-72-92(81-87(97)67-61-57-53-49-45-41-37-33-29-25-21-17-13-9-3)82-88(98)68-62-58-54-50-46-42-38-34-30-26-22-18-14-10-4/h23-30,35-42,83-88,95-98H,7-22,31-34,43-82H2,1-6H3/b27-23-,28-24-,29-25-,30-26-,39-35-,40-36-,41-37-,42-38-. The Morgan fingerprint density at radius 1 is 0.333 bits per heavy atom. The number of hydrogen-bond donors (Lipinski definition) is 4. The van der Waals surface area contributed by atoms with Gasteiger partial charge in [-0.2, -0.15) is 0 Å². The van der Waals surface area contributed by atoms with Gasteiger partial charge in [0.05, 0.1) is 24.4 Å². The van der Waals surface area contributed by atoms with E-state index in [4.69, 9.17) is 0 Å². The molecule has 0 aromatic heterocycles. The van der Waals surface area contributed by atoms with Crippen molar-refractivity contribution >= 4 is 33.8 Å². The van der Waals surface area contributed by atoms with Crippen molar-refractivity contribution in [1.29, 1.82) is 0 Å². The summed E-state index contributed by atoms with van der Waals surface area (Å²) >= 11 is 2.91. The van der Waals surface area contributed by atoms with Crippen LogP contribution in [0.2, 0.25) is 0 Å². The molecule has 102 heavy (non-hydrogen) atoms. The Morgan fingerprint density at radius 2 is 0.559 bits per heavy atom. The number of thioether (sulfide) groups is 2. The van der Waals surface area contributed by atoms with E-state index in [9.17, 15) is 30.0 Å². The van der Waals surface area contributed by atoms with Crippen molar-refractivity contribution in [3.8, 4) is 0 Å². The molecule has 12 heteroatoms. The maximum atomic E-state index is 13.4. The Kier molecular flexibility index (Phi) is 72.2. The largest absolute Gasteiger partial charge is 0.392 e. The van der Waals surface area contributed by atoms with Crippen LogP contribution < -0.4 is 0 Å². The highest BCUT2D eigenvalue weighted by molar-refractivity contribution is 8.13. The molecule has 1 rings (SSSR count). The van der Waals surface area contributed by atoms with E-state index in [2.05, 4.69) is 158 Å². The molecular weight excluding hydrogens is 1300 g/mol. The first-order chi connectivity index (χ1) is 49.9. The fraction of sp³-hybridized carbons (Fsp3) is 0.800. The number of carbonyl (C=O) groups excluding carboxylic acids is 2. The molecular formula is C90H164N4O6S2. The summed E-state index contributed by atoms with van der Waals surface area (Å²) in [5.41, 5.74) is 0. The van der Waals surface area contributed by atoms with E-state index < -0.39 is 24.4 Å². The predicted octanol–water partition coefficient (Wildman–Crippen LogP) is 23.2. The molecule has 10 nitrogen and oxygen atoms in total. The third-order valence-corrected chi connectivity index (χ3v) is 21.9. The first-order valence-electron chi connectivity index (χ1n) is 43.1. The number of aliphatic hydroxyl groups is 4. The Labute approximate surface area is 639 Å². The fourth-order valence-corrected chi connectivity index (χ4v) is 15.3. The summed E-state index contributed by atoms with van der Waals surface area (Å²) in [6, 6.07) is 0.712. The van der Waals surface area contributed by atoms with Gasteiger partial charge in [0.1, 0.15) is 0 Å². The van der Waals surface area contributed by atoms with Gasteiger partial charge >= 0.3 is 0 Å². The molecule has 0 saturated carbocycles. The first-order valence-corrected chi connectivity index (χ1v) is 45.0. The average molecular weight is 1460 g/mol. The second kappa shape index (κ2) is 75.5. The molecule has 0 aromatic rings. The minimum atomic E-state index is -0.439. The normalized spacial score (nSPS) is 16.5. The highest BCUT2D eigenvalue weighted by Crippen LogP contribution is 2.21. The van der Waals surface area contributed by atoms with Crippen LogP contribution in [0.15, 0.2) is 97.2 Å². The molecule has 1 aliphatic rings. The number of nitrogens with zero attached hydrogens (tertiary/aromatic N) is 4. The van der Waals surface area contributed by atoms with E-state index in [1.807, 2.05) is 0 Å². The van der Waals surface area contributed by atoms with Crippen LogP contribution in [0.25, 0.3) is 0 Å². The quantitative estimate of drug-likeness (QED) is 0.0342. The molecule has 592 valence electrons. The number of carbonyl (C=O) groups is 2. The molecule has 0 bridgehead atoms. The van der Waals surface area contributed by atoms with Gasteiger partial charge in [0.25, 0.3) is 0 Å². The van der Waals surface area contributed by atoms with Crippen LogP contribution in [-0.2, 0) is 9.59 Å². The smallest absolute Gasteiger partial charge is 0.189 e. The van der Waals surface area contributed by atoms with Gasteiger partial charge in [-0.05, 0) is 194 Å². The second-order valence-electron chi connectivity index (χ2n) is 30.1. The van der Waals surface area contributed by atoms with Crippen molar-refractivity contribution in [3.63, 3.8) is 0 Å². The van der Waals surface area contributed by atoms with E-state index in [0.29, 0.717) is 64.2 Å². The lowest BCUT2D eigenvalue weighted by Crippen LogP contribution is -2.57. The van der Waals surface area contributed by atoms with Gasteiger partial charge in [-0.15, -0.1) is 0 Å². The van der Waals surface area contributed by atoms with Crippen molar-refractivity contribution in [1.82, 2.24) is 19.6 Å². The monoisotopic (exact) mass is 1460 g/mol. The van der Waals surface area contributed by atoms with E-state index in [0.717, 1.165) is 179 Å². The summed E-state index contributed by atoms with van der Waals surface area (Å²) in [6.07, 6.45) is 87.4. The molecule has 0 radical (unpaired) electrons. The first kappa shape index (κ1) is 97.7. The average Bonchev–Trinajstić information content (AvgIpc) is 0.849. The fourth-order valence-electron chi connectivity index (χ4n) is 13.6. The molecule has 0 aromatic carbocycles. The van der Waals surface area contributed by atoms with E-state index in [1.165, 1.54) is 178 Å². The van der Waals surface area contributed by atoms with Gasteiger partial charge in [0.2, 0.25) is 0 Å². The molecule has 1 fully saturated rings. The minimum Gasteiger partial charge on any atom is -0.392 e. The van der Waals surface area contributed by atoms with Crippen LogP contribution in [0.4, 0.5) is 0 Å². The van der Waals surface area contributed by atoms with Crippen LogP contribution in [0.1, 0.15) is 350 Å². The Morgan fingerprint density at radius 3 is 0.794 bits per heavy atom. The van der Waals surface area contributed by atoms with Crippen molar-refractivity contribution in [2.45, 2.75) is 386 Å². The molecule has 1 heterocycles. The van der Waals surface area contributed by atoms with Crippen LogP contribution in [0, 0.1) is 0 Å². The van der Waals surface area contributed by atoms with E-state index in [-0.39, 0.29) is 10.2 Å².